The number of aromatic nitrogens is 3. The second kappa shape index (κ2) is 14.8. The van der Waals surface area contributed by atoms with E-state index in [1.54, 1.807) is 6.20 Å². The second-order valence-electron chi connectivity index (χ2n) is 15.9. The highest BCUT2D eigenvalue weighted by atomic mass is 14.9. The van der Waals surface area contributed by atoms with E-state index < -0.39 is 0 Å². The molecule has 3 heteroatoms. The van der Waals surface area contributed by atoms with Crippen LogP contribution in [0.2, 0.25) is 0 Å². The third kappa shape index (κ3) is 5.94. The summed E-state index contributed by atoms with van der Waals surface area (Å²) >= 11 is 0. The molecule has 3 nitrogen and oxygen atoms in total. The standard InChI is InChI=1S/C59H37N3/c1-4-14-42(15-5-1)54-48-21-10-11-22-49(48)55(43-16-6-2-7-17-43)58-51-34-33-46(47-23-12-24-50(56(47)51)57(54)58)39-27-31-41(32-28-39)53-36-52(61-59(62-53)44-18-8-3-9-19-44)40-29-25-38(26-30-40)45-20-13-35-60-37-45/h1-37H. The molecule has 1 aliphatic rings. The van der Waals surface area contributed by atoms with Crippen LogP contribution >= 0.6 is 0 Å². The van der Waals surface area contributed by atoms with Crippen molar-refractivity contribution >= 4 is 21.5 Å². The van der Waals surface area contributed by atoms with Crippen molar-refractivity contribution < 1.29 is 0 Å². The Morgan fingerprint density at radius 2 is 0.742 bits per heavy atom. The first-order chi connectivity index (χ1) is 30.8. The Hall–Kier alpha value is -8.27. The van der Waals surface area contributed by atoms with Crippen molar-refractivity contribution in [1.29, 1.82) is 0 Å². The van der Waals surface area contributed by atoms with Gasteiger partial charge in [-0.05, 0) is 100 Å². The summed E-state index contributed by atoms with van der Waals surface area (Å²) in [6.45, 7) is 0. The van der Waals surface area contributed by atoms with Gasteiger partial charge in [-0.3, -0.25) is 4.98 Å². The number of hydrogen-bond donors (Lipinski definition) is 0. The highest BCUT2D eigenvalue weighted by Gasteiger charge is 2.31. The molecule has 0 unspecified atom stereocenters. The van der Waals surface area contributed by atoms with E-state index in [9.17, 15) is 0 Å². The lowest BCUT2D eigenvalue weighted by molar-refractivity contribution is 1.18. The first kappa shape index (κ1) is 35.7. The van der Waals surface area contributed by atoms with Crippen molar-refractivity contribution in [2.75, 3.05) is 0 Å². The maximum atomic E-state index is 5.14. The predicted molar refractivity (Wildman–Crippen MR) is 257 cm³/mol. The minimum Gasteiger partial charge on any atom is -0.264 e. The van der Waals surface area contributed by atoms with E-state index in [0.717, 1.165) is 44.8 Å². The lowest BCUT2D eigenvalue weighted by atomic mass is 9.82. The summed E-state index contributed by atoms with van der Waals surface area (Å²) in [5, 5.41) is 5.08. The van der Waals surface area contributed by atoms with Gasteiger partial charge in [0.25, 0.3) is 0 Å². The van der Waals surface area contributed by atoms with Crippen LogP contribution in [0.3, 0.4) is 0 Å². The van der Waals surface area contributed by atoms with Gasteiger partial charge in [-0.1, -0.05) is 200 Å². The third-order valence-electron chi connectivity index (χ3n) is 12.3. The third-order valence-corrected chi connectivity index (χ3v) is 12.3. The number of nitrogens with zero attached hydrogens (tertiary/aromatic N) is 3. The van der Waals surface area contributed by atoms with Gasteiger partial charge in [0.05, 0.1) is 11.4 Å². The van der Waals surface area contributed by atoms with Crippen molar-refractivity contribution in [3.8, 4) is 101 Å². The summed E-state index contributed by atoms with van der Waals surface area (Å²) in [6, 6.07) is 76.1. The fourth-order valence-electron chi connectivity index (χ4n) is 9.51. The number of benzene rings is 9. The zero-order valence-electron chi connectivity index (χ0n) is 33.7. The summed E-state index contributed by atoms with van der Waals surface area (Å²) in [5.74, 6) is 0.697. The molecule has 0 fully saturated rings. The SMILES string of the molecule is c1ccc(-c2nc(-c3ccc(-c4cccnc4)cc3)cc(-c3ccc(-c4ccc5c6c(cccc46)-c4c-5c(-c5ccccc5)c5ccccc5c4-c4ccccc4)cc3)n2)cc1. The van der Waals surface area contributed by atoms with Crippen molar-refractivity contribution in [2.45, 2.75) is 0 Å². The molecule has 0 atom stereocenters. The van der Waals surface area contributed by atoms with E-state index in [1.807, 2.05) is 30.5 Å². The van der Waals surface area contributed by atoms with Crippen molar-refractivity contribution in [3.63, 3.8) is 0 Å². The molecule has 12 rings (SSSR count). The Morgan fingerprint density at radius 1 is 0.274 bits per heavy atom. The zero-order chi connectivity index (χ0) is 41.0. The van der Waals surface area contributed by atoms with Crippen LogP contribution in [0.15, 0.2) is 225 Å². The molecule has 0 spiro atoms. The van der Waals surface area contributed by atoms with Crippen LogP contribution in [-0.2, 0) is 0 Å². The van der Waals surface area contributed by atoms with Crippen molar-refractivity contribution in [1.82, 2.24) is 15.0 Å². The van der Waals surface area contributed by atoms with Gasteiger partial charge < -0.3 is 0 Å². The van der Waals surface area contributed by atoms with Gasteiger partial charge in [-0.2, -0.15) is 0 Å². The molecule has 0 bridgehead atoms. The van der Waals surface area contributed by atoms with Crippen molar-refractivity contribution in [3.05, 3.63) is 225 Å². The van der Waals surface area contributed by atoms with E-state index >= 15 is 0 Å². The first-order valence-electron chi connectivity index (χ1n) is 21.1. The molecule has 2 heterocycles. The smallest absolute Gasteiger partial charge is 0.160 e. The lowest BCUT2D eigenvalue weighted by Gasteiger charge is -2.20. The highest BCUT2D eigenvalue weighted by molar-refractivity contribution is 6.28. The fraction of sp³-hybridized carbons (Fsp3) is 0. The first-order valence-corrected chi connectivity index (χ1v) is 21.1. The van der Waals surface area contributed by atoms with Gasteiger partial charge >= 0.3 is 0 Å². The minimum absolute atomic E-state index is 0.697. The lowest BCUT2D eigenvalue weighted by Crippen LogP contribution is -1.96. The minimum atomic E-state index is 0.697. The van der Waals surface area contributed by atoms with Crippen LogP contribution < -0.4 is 0 Å². The summed E-state index contributed by atoms with van der Waals surface area (Å²) in [6.07, 6.45) is 3.69. The molecule has 9 aromatic carbocycles. The number of pyridine rings is 1. The Balaban J connectivity index is 0.991. The summed E-state index contributed by atoms with van der Waals surface area (Å²) in [4.78, 5) is 14.5. The quantitative estimate of drug-likeness (QED) is 0.161. The van der Waals surface area contributed by atoms with Gasteiger partial charge in [0.1, 0.15) is 0 Å². The number of hydrogen-bond acceptors (Lipinski definition) is 3. The van der Waals surface area contributed by atoms with E-state index in [1.165, 1.54) is 71.6 Å². The average Bonchev–Trinajstić information content (AvgIpc) is 3.69. The van der Waals surface area contributed by atoms with Gasteiger partial charge in [0.2, 0.25) is 0 Å². The van der Waals surface area contributed by atoms with Crippen LogP contribution in [0.1, 0.15) is 0 Å². The molecule has 0 N–H and O–H groups in total. The van der Waals surface area contributed by atoms with Crippen LogP contribution in [-0.4, -0.2) is 15.0 Å². The average molecular weight is 788 g/mol. The zero-order valence-corrected chi connectivity index (χ0v) is 33.7. The molecule has 62 heavy (non-hydrogen) atoms. The summed E-state index contributed by atoms with van der Waals surface area (Å²) in [7, 11) is 0. The van der Waals surface area contributed by atoms with Crippen LogP contribution in [0.4, 0.5) is 0 Å². The normalized spacial score (nSPS) is 11.5. The maximum absolute atomic E-state index is 5.14. The summed E-state index contributed by atoms with van der Waals surface area (Å²) in [5.41, 5.74) is 19.6. The van der Waals surface area contributed by atoms with Crippen LogP contribution in [0.25, 0.3) is 122 Å². The Bertz CT molecular complexity index is 3360. The maximum Gasteiger partial charge on any atom is 0.160 e. The van der Waals surface area contributed by atoms with E-state index in [-0.39, 0.29) is 0 Å². The molecule has 0 amide bonds. The molecule has 288 valence electrons. The molecule has 2 aromatic heterocycles. The molecule has 0 radical (unpaired) electrons. The Kier molecular flexibility index (Phi) is 8.50. The van der Waals surface area contributed by atoms with Gasteiger partial charge in [0, 0.05) is 29.1 Å². The topological polar surface area (TPSA) is 38.7 Å². The predicted octanol–water partition coefficient (Wildman–Crippen LogP) is 15.5. The largest absolute Gasteiger partial charge is 0.264 e. The summed E-state index contributed by atoms with van der Waals surface area (Å²) < 4.78 is 0. The molecule has 0 saturated carbocycles. The molecule has 0 aliphatic heterocycles. The van der Waals surface area contributed by atoms with Gasteiger partial charge in [0.15, 0.2) is 5.82 Å². The Labute approximate surface area is 360 Å². The van der Waals surface area contributed by atoms with Crippen molar-refractivity contribution in [2.24, 2.45) is 0 Å². The molecule has 11 aromatic rings. The molecular weight excluding hydrogens is 751 g/mol. The fourth-order valence-corrected chi connectivity index (χ4v) is 9.51. The molecule has 1 aliphatic carbocycles. The van der Waals surface area contributed by atoms with E-state index in [2.05, 4.69) is 193 Å². The Morgan fingerprint density at radius 3 is 1.31 bits per heavy atom. The van der Waals surface area contributed by atoms with E-state index in [0.29, 0.717) is 5.82 Å². The molecular formula is C59H37N3. The van der Waals surface area contributed by atoms with Gasteiger partial charge in [-0.25, -0.2) is 9.97 Å². The highest BCUT2D eigenvalue weighted by Crippen LogP contribution is 2.58. The van der Waals surface area contributed by atoms with Gasteiger partial charge in [-0.15, -0.1) is 0 Å². The number of rotatable bonds is 7. The monoisotopic (exact) mass is 787 g/mol. The van der Waals surface area contributed by atoms with E-state index in [4.69, 9.17) is 9.97 Å². The number of fused-ring (bicyclic) bond motifs is 4. The molecule has 0 saturated heterocycles. The van der Waals surface area contributed by atoms with Crippen LogP contribution in [0.5, 0.6) is 0 Å². The van der Waals surface area contributed by atoms with Crippen LogP contribution in [0, 0.1) is 0 Å². The second-order valence-corrected chi connectivity index (χ2v) is 15.9.